The van der Waals surface area contributed by atoms with Gasteiger partial charge in [0.2, 0.25) is 0 Å². The number of carbonyl (C=O) groups is 1. The summed E-state index contributed by atoms with van der Waals surface area (Å²) < 4.78 is 7.19. The standard InChI is InChI=1S/C17H19BrN4O2S/c1-17(2,3)24-16(23)20-7-6-12-22-13-14(25-12)10-5-4-9(18)8-11(10)21-15(13)19/h4-5,8H,6-7H2,1-3H3,(H2,19,21)(H,20,23). The van der Waals surface area contributed by atoms with E-state index >= 15 is 0 Å². The third-order valence-electron chi connectivity index (χ3n) is 3.37. The first-order valence-electron chi connectivity index (χ1n) is 7.84. The van der Waals surface area contributed by atoms with Crippen LogP contribution in [0, 0.1) is 0 Å². The average Bonchev–Trinajstić information content (AvgIpc) is 2.90. The number of alkyl carbamates (subject to hydrolysis) is 1. The number of amides is 1. The molecule has 132 valence electrons. The van der Waals surface area contributed by atoms with Gasteiger partial charge in [-0.3, -0.25) is 0 Å². The second kappa shape index (κ2) is 6.76. The molecule has 2 aromatic heterocycles. The molecule has 0 atom stereocenters. The molecule has 1 aromatic carbocycles. The van der Waals surface area contributed by atoms with Gasteiger partial charge in [0.15, 0.2) is 5.82 Å². The molecule has 1 amide bonds. The van der Waals surface area contributed by atoms with Gasteiger partial charge in [-0.05, 0) is 32.9 Å². The molecule has 6 nitrogen and oxygen atoms in total. The van der Waals surface area contributed by atoms with Crippen molar-refractivity contribution in [1.29, 1.82) is 0 Å². The first kappa shape index (κ1) is 17.9. The number of hydrogen-bond donors (Lipinski definition) is 2. The molecule has 0 aliphatic carbocycles. The van der Waals surface area contributed by atoms with Gasteiger partial charge in [0.25, 0.3) is 0 Å². The number of fused-ring (bicyclic) bond motifs is 3. The molecule has 0 saturated carbocycles. The Kier molecular flexibility index (Phi) is 4.83. The van der Waals surface area contributed by atoms with Crippen molar-refractivity contribution >= 4 is 60.3 Å². The fraction of sp³-hybridized carbons (Fsp3) is 0.353. The summed E-state index contributed by atoms with van der Waals surface area (Å²) in [5, 5.41) is 4.67. The second-order valence-electron chi connectivity index (χ2n) is 6.62. The SMILES string of the molecule is CC(C)(C)OC(=O)NCCc1nc2c(N)nc3cc(Br)ccc3c2s1. The van der Waals surface area contributed by atoms with Gasteiger partial charge in [0.05, 0.1) is 15.2 Å². The van der Waals surface area contributed by atoms with Crippen molar-refractivity contribution in [1.82, 2.24) is 15.3 Å². The van der Waals surface area contributed by atoms with Crippen LogP contribution in [0.1, 0.15) is 25.8 Å². The number of thiazole rings is 1. The summed E-state index contributed by atoms with van der Waals surface area (Å²) in [6.07, 6.45) is 0.181. The summed E-state index contributed by atoms with van der Waals surface area (Å²) in [7, 11) is 0. The molecule has 0 spiro atoms. The van der Waals surface area contributed by atoms with Crippen LogP contribution in [0.3, 0.4) is 0 Å². The zero-order valence-corrected chi connectivity index (χ0v) is 16.6. The Balaban J connectivity index is 1.78. The number of carbonyl (C=O) groups excluding carboxylic acids is 1. The lowest BCUT2D eigenvalue weighted by atomic mass is 10.2. The molecule has 3 aromatic rings. The van der Waals surface area contributed by atoms with E-state index in [0.29, 0.717) is 24.3 Å². The molecule has 3 N–H and O–H groups in total. The quantitative estimate of drug-likeness (QED) is 0.657. The molecule has 0 radical (unpaired) electrons. The molecule has 0 unspecified atom stereocenters. The van der Waals surface area contributed by atoms with E-state index in [4.69, 9.17) is 10.5 Å². The number of halogens is 1. The normalized spacial score (nSPS) is 11.8. The minimum atomic E-state index is -0.507. The van der Waals surface area contributed by atoms with Crippen LogP contribution >= 0.6 is 27.3 Å². The molecule has 25 heavy (non-hydrogen) atoms. The predicted octanol–water partition coefficient (Wildman–Crippen LogP) is 4.26. The summed E-state index contributed by atoms with van der Waals surface area (Å²) in [5.74, 6) is 0.420. The zero-order valence-electron chi connectivity index (χ0n) is 14.2. The molecule has 0 bridgehead atoms. The topological polar surface area (TPSA) is 90.1 Å². The Morgan fingerprint density at radius 1 is 1.36 bits per heavy atom. The number of nitrogens with one attached hydrogen (secondary N) is 1. The largest absolute Gasteiger partial charge is 0.444 e. The number of nitrogens with two attached hydrogens (primary N) is 1. The van der Waals surface area contributed by atoms with Crippen LogP contribution < -0.4 is 11.1 Å². The number of benzene rings is 1. The van der Waals surface area contributed by atoms with Crippen molar-refractivity contribution in [3.8, 4) is 0 Å². The zero-order chi connectivity index (χ0) is 18.2. The number of nitrogen functional groups attached to an aromatic ring is 1. The maximum Gasteiger partial charge on any atom is 0.407 e. The van der Waals surface area contributed by atoms with Gasteiger partial charge in [-0.15, -0.1) is 11.3 Å². The number of hydrogen-bond acceptors (Lipinski definition) is 6. The van der Waals surface area contributed by atoms with Crippen LogP contribution in [0.5, 0.6) is 0 Å². The van der Waals surface area contributed by atoms with Crippen molar-refractivity contribution < 1.29 is 9.53 Å². The van der Waals surface area contributed by atoms with Gasteiger partial charge in [0.1, 0.15) is 11.1 Å². The third kappa shape index (κ3) is 4.19. The van der Waals surface area contributed by atoms with Gasteiger partial charge in [-0.1, -0.05) is 22.0 Å². The molecule has 0 saturated heterocycles. The molecule has 0 fully saturated rings. The first-order chi connectivity index (χ1) is 11.7. The highest BCUT2D eigenvalue weighted by molar-refractivity contribution is 9.10. The molecule has 0 aliphatic rings. The number of aromatic nitrogens is 2. The van der Waals surface area contributed by atoms with Crippen LogP contribution in [0.4, 0.5) is 10.6 Å². The molecule has 2 heterocycles. The monoisotopic (exact) mass is 422 g/mol. The van der Waals surface area contributed by atoms with Crippen molar-refractivity contribution in [2.75, 3.05) is 12.3 Å². The lowest BCUT2D eigenvalue weighted by Gasteiger charge is -2.19. The highest BCUT2D eigenvalue weighted by Gasteiger charge is 2.16. The Labute approximate surface area is 157 Å². The second-order valence-corrected chi connectivity index (χ2v) is 8.62. The Morgan fingerprint density at radius 2 is 2.12 bits per heavy atom. The predicted molar refractivity (Wildman–Crippen MR) is 105 cm³/mol. The summed E-state index contributed by atoms with van der Waals surface area (Å²) in [4.78, 5) is 20.7. The summed E-state index contributed by atoms with van der Waals surface area (Å²) in [5.41, 5.74) is 7.10. The number of nitrogens with zero attached hydrogens (tertiary/aromatic N) is 2. The summed E-state index contributed by atoms with van der Waals surface area (Å²) >= 11 is 5.02. The van der Waals surface area contributed by atoms with Crippen molar-refractivity contribution in [2.24, 2.45) is 0 Å². The highest BCUT2D eigenvalue weighted by Crippen LogP contribution is 2.33. The first-order valence-corrected chi connectivity index (χ1v) is 9.45. The number of anilines is 1. The van der Waals surface area contributed by atoms with E-state index in [-0.39, 0.29) is 0 Å². The van der Waals surface area contributed by atoms with E-state index in [1.54, 1.807) is 11.3 Å². The number of rotatable bonds is 3. The molecular weight excluding hydrogens is 404 g/mol. The summed E-state index contributed by atoms with van der Waals surface area (Å²) in [6.45, 7) is 5.95. The number of pyridine rings is 1. The van der Waals surface area contributed by atoms with Crippen molar-refractivity contribution in [2.45, 2.75) is 32.8 Å². The van der Waals surface area contributed by atoms with Gasteiger partial charge in [-0.25, -0.2) is 14.8 Å². The third-order valence-corrected chi connectivity index (χ3v) is 5.01. The van der Waals surface area contributed by atoms with Gasteiger partial charge in [-0.2, -0.15) is 0 Å². The Bertz CT molecular complexity index is 949. The highest BCUT2D eigenvalue weighted by atomic mass is 79.9. The minimum Gasteiger partial charge on any atom is -0.444 e. The molecule has 3 rings (SSSR count). The van der Waals surface area contributed by atoms with Crippen LogP contribution in [0.2, 0.25) is 0 Å². The van der Waals surface area contributed by atoms with Crippen LogP contribution in [-0.2, 0) is 11.2 Å². The molecular formula is C17H19BrN4O2S. The van der Waals surface area contributed by atoms with Gasteiger partial charge in [0, 0.05) is 22.8 Å². The lowest BCUT2D eigenvalue weighted by Crippen LogP contribution is -2.33. The van der Waals surface area contributed by atoms with E-state index in [2.05, 4.69) is 31.2 Å². The van der Waals surface area contributed by atoms with Crippen molar-refractivity contribution in [3.05, 3.63) is 27.7 Å². The average molecular weight is 423 g/mol. The Hall–Kier alpha value is -1.93. The minimum absolute atomic E-state index is 0.420. The van der Waals surface area contributed by atoms with E-state index < -0.39 is 11.7 Å². The fourth-order valence-electron chi connectivity index (χ4n) is 2.39. The summed E-state index contributed by atoms with van der Waals surface area (Å²) in [6, 6.07) is 5.92. The van der Waals surface area contributed by atoms with E-state index in [0.717, 1.165) is 25.1 Å². The Morgan fingerprint density at radius 3 is 2.84 bits per heavy atom. The fourth-order valence-corrected chi connectivity index (χ4v) is 3.84. The smallest absolute Gasteiger partial charge is 0.407 e. The van der Waals surface area contributed by atoms with Gasteiger partial charge < -0.3 is 15.8 Å². The molecule has 0 aliphatic heterocycles. The van der Waals surface area contributed by atoms with Crippen LogP contribution in [0.15, 0.2) is 22.7 Å². The van der Waals surface area contributed by atoms with Crippen LogP contribution in [0.25, 0.3) is 21.1 Å². The molecule has 8 heteroatoms. The van der Waals surface area contributed by atoms with E-state index in [1.807, 2.05) is 39.0 Å². The van der Waals surface area contributed by atoms with Crippen LogP contribution in [-0.4, -0.2) is 28.2 Å². The maximum absolute atomic E-state index is 11.7. The van der Waals surface area contributed by atoms with Crippen molar-refractivity contribution in [3.63, 3.8) is 0 Å². The number of ether oxygens (including phenoxy) is 1. The van der Waals surface area contributed by atoms with Gasteiger partial charge >= 0.3 is 6.09 Å². The lowest BCUT2D eigenvalue weighted by molar-refractivity contribution is 0.0528. The maximum atomic E-state index is 11.7. The van der Waals surface area contributed by atoms with E-state index in [9.17, 15) is 4.79 Å². The van der Waals surface area contributed by atoms with E-state index in [1.165, 1.54) is 0 Å².